The summed E-state index contributed by atoms with van der Waals surface area (Å²) >= 11 is 0. The van der Waals surface area contributed by atoms with Crippen LogP contribution in [0.15, 0.2) is 48.5 Å². The Bertz CT molecular complexity index is 1050. The van der Waals surface area contributed by atoms with Gasteiger partial charge in [0, 0.05) is 35.2 Å². The molecule has 0 atom stereocenters. The topological polar surface area (TPSA) is 97.4 Å². The van der Waals surface area contributed by atoms with Gasteiger partial charge in [-0.05, 0) is 70.2 Å². The average molecular weight is 436 g/mol. The van der Waals surface area contributed by atoms with Crippen molar-refractivity contribution in [3.8, 4) is 11.5 Å². The number of anilines is 4. The van der Waals surface area contributed by atoms with Crippen LogP contribution in [0.5, 0.6) is 11.5 Å². The van der Waals surface area contributed by atoms with Crippen molar-refractivity contribution >= 4 is 29.0 Å². The van der Waals surface area contributed by atoms with Gasteiger partial charge in [0.05, 0.1) is 13.2 Å². The lowest BCUT2D eigenvalue weighted by molar-refractivity contribution is 0.102. The van der Waals surface area contributed by atoms with Crippen molar-refractivity contribution in [1.82, 2.24) is 9.97 Å². The summed E-state index contributed by atoms with van der Waals surface area (Å²) in [5.74, 6) is 2.23. The standard InChI is InChI=1S/C24H29N5O3/c1-5-25-22-14-16(4)26-24(29-22)28-19-11-9-18(10-12-19)27-23(30)17-8-13-20(31-6-2)21(15-17)32-7-3/h8-15H,5-7H2,1-4H3,(H,27,30)(H2,25,26,28,29). The minimum absolute atomic E-state index is 0.230. The number of nitrogens with zero attached hydrogens (tertiary/aromatic N) is 2. The first-order chi connectivity index (χ1) is 15.5. The highest BCUT2D eigenvalue weighted by Crippen LogP contribution is 2.29. The Hall–Kier alpha value is -3.81. The number of benzene rings is 2. The van der Waals surface area contributed by atoms with E-state index in [1.807, 2.05) is 58.0 Å². The van der Waals surface area contributed by atoms with E-state index >= 15 is 0 Å². The number of amides is 1. The van der Waals surface area contributed by atoms with Crippen molar-refractivity contribution in [3.05, 3.63) is 59.8 Å². The fraction of sp³-hybridized carbons (Fsp3) is 0.292. The predicted octanol–water partition coefficient (Wildman–Crippen LogP) is 5.01. The van der Waals surface area contributed by atoms with Crippen molar-refractivity contribution in [3.63, 3.8) is 0 Å². The van der Waals surface area contributed by atoms with Gasteiger partial charge < -0.3 is 25.4 Å². The van der Waals surface area contributed by atoms with Crippen LogP contribution in [-0.4, -0.2) is 35.6 Å². The van der Waals surface area contributed by atoms with E-state index < -0.39 is 0 Å². The third-order valence-electron chi connectivity index (χ3n) is 4.42. The zero-order valence-corrected chi connectivity index (χ0v) is 18.9. The first-order valence-electron chi connectivity index (χ1n) is 10.7. The molecule has 0 unspecified atom stereocenters. The maximum absolute atomic E-state index is 12.7. The normalized spacial score (nSPS) is 10.4. The minimum Gasteiger partial charge on any atom is -0.490 e. The molecule has 1 heterocycles. The number of aryl methyl sites for hydroxylation is 1. The van der Waals surface area contributed by atoms with Gasteiger partial charge in [-0.2, -0.15) is 4.98 Å². The van der Waals surface area contributed by atoms with Gasteiger partial charge in [0.15, 0.2) is 11.5 Å². The number of carbonyl (C=O) groups is 1. The quantitative estimate of drug-likeness (QED) is 0.412. The molecule has 3 N–H and O–H groups in total. The lowest BCUT2D eigenvalue weighted by atomic mass is 10.1. The molecule has 32 heavy (non-hydrogen) atoms. The number of ether oxygens (including phenoxy) is 2. The maximum Gasteiger partial charge on any atom is 0.255 e. The molecule has 0 saturated carbocycles. The van der Waals surface area contributed by atoms with Crippen molar-refractivity contribution < 1.29 is 14.3 Å². The molecular weight excluding hydrogens is 406 g/mol. The number of aromatic nitrogens is 2. The number of nitrogens with one attached hydrogen (secondary N) is 3. The smallest absolute Gasteiger partial charge is 0.255 e. The van der Waals surface area contributed by atoms with E-state index in [9.17, 15) is 4.79 Å². The summed E-state index contributed by atoms with van der Waals surface area (Å²) in [7, 11) is 0. The maximum atomic E-state index is 12.7. The zero-order valence-electron chi connectivity index (χ0n) is 18.9. The number of rotatable bonds is 10. The van der Waals surface area contributed by atoms with Gasteiger partial charge in [-0.15, -0.1) is 0 Å². The number of carbonyl (C=O) groups excluding carboxylic acids is 1. The molecule has 3 rings (SSSR count). The van der Waals surface area contributed by atoms with Crippen molar-refractivity contribution in [1.29, 1.82) is 0 Å². The van der Waals surface area contributed by atoms with Crippen LogP contribution in [0.25, 0.3) is 0 Å². The summed E-state index contributed by atoms with van der Waals surface area (Å²) in [6.45, 7) is 9.52. The molecule has 0 fully saturated rings. The van der Waals surface area contributed by atoms with E-state index in [0.29, 0.717) is 41.9 Å². The Morgan fingerprint density at radius 1 is 0.875 bits per heavy atom. The fourth-order valence-electron chi connectivity index (χ4n) is 3.06. The molecule has 168 valence electrons. The molecule has 0 saturated heterocycles. The summed E-state index contributed by atoms with van der Waals surface area (Å²) in [5, 5.41) is 9.28. The second-order valence-electron chi connectivity index (χ2n) is 6.93. The third kappa shape index (κ3) is 6.10. The summed E-state index contributed by atoms with van der Waals surface area (Å²) in [4.78, 5) is 21.6. The van der Waals surface area contributed by atoms with Crippen molar-refractivity contribution in [2.24, 2.45) is 0 Å². The SMILES string of the molecule is CCNc1cc(C)nc(Nc2ccc(NC(=O)c3ccc(OCC)c(OCC)c3)cc2)n1. The van der Waals surface area contributed by atoms with Crippen LogP contribution in [0.3, 0.4) is 0 Å². The monoisotopic (exact) mass is 435 g/mol. The largest absolute Gasteiger partial charge is 0.490 e. The lowest BCUT2D eigenvalue weighted by Gasteiger charge is -2.13. The molecule has 0 spiro atoms. The van der Waals surface area contributed by atoms with Gasteiger partial charge in [-0.1, -0.05) is 0 Å². The number of hydrogen-bond donors (Lipinski definition) is 3. The Balaban J connectivity index is 1.68. The Morgan fingerprint density at radius 3 is 2.25 bits per heavy atom. The summed E-state index contributed by atoms with van der Waals surface area (Å²) in [5.41, 5.74) is 2.84. The number of hydrogen-bond acceptors (Lipinski definition) is 7. The zero-order chi connectivity index (χ0) is 22.9. The van der Waals surface area contributed by atoms with Crippen LogP contribution in [0.4, 0.5) is 23.1 Å². The summed E-state index contributed by atoms with van der Waals surface area (Å²) in [6, 6.07) is 14.4. The Kier molecular flexibility index (Phi) is 7.85. The first kappa shape index (κ1) is 22.9. The molecule has 0 aliphatic rings. The first-order valence-corrected chi connectivity index (χ1v) is 10.7. The van der Waals surface area contributed by atoms with Gasteiger partial charge >= 0.3 is 0 Å². The van der Waals surface area contributed by atoms with Crippen LogP contribution < -0.4 is 25.4 Å². The highest BCUT2D eigenvalue weighted by atomic mass is 16.5. The molecule has 8 heteroatoms. The summed E-state index contributed by atoms with van der Waals surface area (Å²) in [6.07, 6.45) is 0. The van der Waals surface area contributed by atoms with Gasteiger partial charge in [0.1, 0.15) is 5.82 Å². The summed E-state index contributed by atoms with van der Waals surface area (Å²) < 4.78 is 11.2. The predicted molar refractivity (Wildman–Crippen MR) is 127 cm³/mol. The van der Waals surface area contributed by atoms with E-state index in [2.05, 4.69) is 25.9 Å². The van der Waals surface area contributed by atoms with Crippen LogP contribution in [-0.2, 0) is 0 Å². The van der Waals surface area contributed by atoms with Crippen molar-refractivity contribution in [2.75, 3.05) is 35.7 Å². The second-order valence-corrected chi connectivity index (χ2v) is 6.93. The van der Waals surface area contributed by atoms with E-state index in [4.69, 9.17) is 9.47 Å². The van der Waals surface area contributed by atoms with Crippen LogP contribution >= 0.6 is 0 Å². The molecule has 1 amide bonds. The van der Waals surface area contributed by atoms with Gasteiger partial charge in [-0.25, -0.2) is 4.98 Å². The second kappa shape index (κ2) is 11.0. The Morgan fingerprint density at radius 2 is 1.56 bits per heavy atom. The van der Waals surface area contributed by atoms with Crippen LogP contribution in [0.1, 0.15) is 36.8 Å². The van der Waals surface area contributed by atoms with Crippen LogP contribution in [0.2, 0.25) is 0 Å². The highest BCUT2D eigenvalue weighted by molar-refractivity contribution is 6.04. The van der Waals surface area contributed by atoms with Gasteiger partial charge in [0.2, 0.25) is 5.95 Å². The Labute approximate surface area is 188 Å². The minimum atomic E-state index is -0.230. The van der Waals surface area contributed by atoms with E-state index in [1.165, 1.54) is 0 Å². The van der Waals surface area contributed by atoms with Gasteiger partial charge in [0.25, 0.3) is 5.91 Å². The molecular formula is C24H29N5O3. The molecule has 1 aromatic heterocycles. The van der Waals surface area contributed by atoms with Gasteiger partial charge in [-0.3, -0.25) is 4.79 Å². The highest BCUT2D eigenvalue weighted by Gasteiger charge is 2.12. The average Bonchev–Trinajstić information content (AvgIpc) is 2.76. The van der Waals surface area contributed by atoms with E-state index in [0.717, 1.165) is 23.7 Å². The third-order valence-corrected chi connectivity index (χ3v) is 4.42. The van der Waals surface area contributed by atoms with Crippen LogP contribution in [0, 0.1) is 6.92 Å². The lowest BCUT2D eigenvalue weighted by Crippen LogP contribution is -2.12. The van der Waals surface area contributed by atoms with Crippen molar-refractivity contribution in [2.45, 2.75) is 27.7 Å². The van der Waals surface area contributed by atoms with E-state index in [1.54, 1.807) is 18.2 Å². The molecule has 0 bridgehead atoms. The molecule has 0 aliphatic heterocycles. The van der Waals surface area contributed by atoms with E-state index in [-0.39, 0.29) is 5.91 Å². The fourth-order valence-corrected chi connectivity index (χ4v) is 3.06. The molecule has 2 aromatic carbocycles. The molecule has 0 radical (unpaired) electrons. The molecule has 8 nitrogen and oxygen atoms in total. The molecule has 0 aliphatic carbocycles. The molecule has 3 aromatic rings.